The second kappa shape index (κ2) is 6.03. The molecule has 0 aliphatic heterocycles. The molecule has 102 valence electrons. The molecule has 6 heteroatoms. The summed E-state index contributed by atoms with van der Waals surface area (Å²) in [5, 5.41) is 4.31. The van der Waals surface area contributed by atoms with Crippen molar-refractivity contribution in [1.29, 1.82) is 0 Å². The lowest BCUT2D eigenvalue weighted by Gasteiger charge is -2.05. The zero-order chi connectivity index (χ0) is 14.7. The number of rotatable bonds is 2. The van der Waals surface area contributed by atoms with E-state index < -0.39 is 5.97 Å². The van der Waals surface area contributed by atoms with Crippen LogP contribution >= 0.6 is 23.2 Å². The van der Waals surface area contributed by atoms with Gasteiger partial charge in [0.05, 0.1) is 10.6 Å². The van der Waals surface area contributed by atoms with Crippen molar-refractivity contribution in [3.8, 4) is 0 Å². The first-order valence-electron chi connectivity index (χ1n) is 5.62. The average molecular weight is 310 g/mol. The minimum absolute atomic E-state index is 0.131. The van der Waals surface area contributed by atoms with Crippen LogP contribution in [0.15, 0.2) is 47.2 Å². The van der Waals surface area contributed by atoms with E-state index in [2.05, 4.69) is 5.16 Å². The van der Waals surface area contributed by atoms with E-state index in [0.29, 0.717) is 16.3 Å². The van der Waals surface area contributed by atoms with Crippen LogP contribution in [0.3, 0.4) is 0 Å². The van der Waals surface area contributed by atoms with E-state index in [1.54, 1.807) is 6.92 Å². The van der Waals surface area contributed by atoms with Crippen LogP contribution in [0.5, 0.6) is 0 Å². The molecule has 1 aliphatic rings. The van der Waals surface area contributed by atoms with Crippen molar-refractivity contribution in [1.82, 2.24) is 0 Å². The molecular weight excluding hydrogens is 301 g/mol. The van der Waals surface area contributed by atoms with E-state index in [1.807, 2.05) is 0 Å². The van der Waals surface area contributed by atoms with Gasteiger partial charge in [-0.25, -0.2) is 4.79 Å². The third kappa shape index (κ3) is 3.35. The van der Waals surface area contributed by atoms with Gasteiger partial charge in [-0.2, -0.15) is 0 Å². The van der Waals surface area contributed by atoms with Crippen molar-refractivity contribution in [3.63, 3.8) is 0 Å². The molecule has 0 amide bonds. The van der Waals surface area contributed by atoms with Gasteiger partial charge in [-0.1, -0.05) is 28.4 Å². The zero-order valence-corrected chi connectivity index (χ0v) is 11.9. The van der Waals surface area contributed by atoms with Gasteiger partial charge >= 0.3 is 5.97 Å². The maximum Gasteiger partial charge on any atom is 0.367 e. The van der Waals surface area contributed by atoms with Crippen molar-refractivity contribution in [2.24, 2.45) is 5.16 Å². The van der Waals surface area contributed by atoms with Crippen LogP contribution in [-0.4, -0.2) is 17.5 Å². The molecule has 0 atom stereocenters. The van der Waals surface area contributed by atoms with E-state index in [-0.39, 0.29) is 16.4 Å². The van der Waals surface area contributed by atoms with Crippen LogP contribution < -0.4 is 0 Å². The maximum absolute atomic E-state index is 11.8. The highest BCUT2D eigenvalue weighted by Crippen LogP contribution is 2.21. The summed E-state index contributed by atoms with van der Waals surface area (Å²) in [4.78, 5) is 27.7. The number of carbonyl (C=O) groups is 2. The first-order valence-corrected chi connectivity index (χ1v) is 6.38. The Morgan fingerprint density at radius 2 is 2.00 bits per heavy atom. The van der Waals surface area contributed by atoms with Crippen molar-refractivity contribution >= 4 is 40.7 Å². The predicted octanol–water partition coefficient (Wildman–Crippen LogP) is 3.59. The fourth-order valence-corrected chi connectivity index (χ4v) is 2.01. The van der Waals surface area contributed by atoms with Crippen molar-refractivity contribution in [3.05, 3.63) is 57.6 Å². The highest BCUT2D eigenvalue weighted by Gasteiger charge is 2.14. The van der Waals surface area contributed by atoms with Gasteiger partial charge in [0.1, 0.15) is 5.71 Å². The topological polar surface area (TPSA) is 55.7 Å². The zero-order valence-electron chi connectivity index (χ0n) is 10.4. The highest BCUT2D eigenvalue weighted by molar-refractivity contribution is 6.36. The van der Waals surface area contributed by atoms with Crippen molar-refractivity contribution < 1.29 is 14.4 Å². The van der Waals surface area contributed by atoms with Gasteiger partial charge in [0.15, 0.2) is 5.78 Å². The molecule has 0 unspecified atom stereocenters. The molecular formula is C14H9Cl2NO3. The molecule has 0 saturated carbocycles. The number of carbonyl (C=O) groups excluding carboxylic acids is 2. The standard InChI is InChI=1S/C14H9Cl2NO3/c1-8-6-10(18)3-5-13(8)17-20-14(19)11-4-2-9(15)7-12(11)16/h2-7H,1H3/b17-13+. The lowest BCUT2D eigenvalue weighted by molar-refractivity contribution is -0.110. The van der Waals surface area contributed by atoms with Gasteiger partial charge in [-0.05, 0) is 48.9 Å². The molecule has 1 aliphatic carbocycles. The Kier molecular flexibility index (Phi) is 4.37. The molecule has 20 heavy (non-hydrogen) atoms. The third-order valence-corrected chi connectivity index (χ3v) is 3.09. The van der Waals surface area contributed by atoms with Crippen LogP contribution in [-0.2, 0) is 9.63 Å². The van der Waals surface area contributed by atoms with Gasteiger partial charge in [-0.15, -0.1) is 0 Å². The average Bonchev–Trinajstić information content (AvgIpc) is 2.37. The van der Waals surface area contributed by atoms with Crippen LogP contribution in [0.2, 0.25) is 10.0 Å². The predicted molar refractivity (Wildman–Crippen MR) is 77.2 cm³/mol. The molecule has 0 aromatic heterocycles. The summed E-state index contributed by atoms with van der Waals surface area (Å²) < 4.78 is 0. The van der Waals surface area contributed by atoms with E-state index in [9.17, 15) is 9.59 Å². The number of benzene rings is 1. The molecule has 0 spiro atoms. The Morgan fingerprint density at radius 1 is 1.25 bits per heavy atom. The molecule has 0 bridgehead atoms. The van der Waals surface area contributed by atoms with Crippen molar-refractivity contribution in [2.75, 3.05) is 0 Å². The molecule has 0 N–H and O–H groups in total. The largest absolute Gasteiger partial charge is 0.367 e. The maximum atomic E-state index is 11.8. The SMILES string of the molecule is CC1=CC(=O)C=C/C1=N\OC(=O)c1ccc(Cl)cc1Cl. The Labute approximate surface area is 125 Å². The number of halogens is 2. The van der Waals surface area contributed by atoms with Crippen molar-refractivity contribution in [2.45, 2.75) is 6.92 Å². The second-order valence-corrected chi connectivity index (χ2v) is 4.89. The quantitative estimate of drug-likeness (QED) is 0.476. The van der Waals surface area contributed by atoms with Gasteiger partial charge in [0, 0.05) is 5.02 Å². The summed E-state index contributed by atoms with van der Waals surface area (Å²) in [6.45, 7) is 1.70. The first kappa shape index (κ1) is 14.5. The molecule has 0 radical (unpaired) electrons. The summed E-state index contributed by atoms with van der Waals surface area (Å²) >= 11 is 11.6. The Hall–Kier alpha value is -1.91. The molecule has 4 nitrogen and oxygen atoms in total. The summed E-state index contributed by atoms with van der Waals surface area (Å²) in [7, 11) is 0. The Balaban J connectivity index is 2.15. The minimum atomic E-state index is -0.697. The fraction of sp³-hybridized carbons (Fsp3) is 0.0714. The van der Waals surface area contributed by atoms with E-state index in [0.717, 1.165) is 0 Å². The fourth-order valence-electron chi connectivity index (χ4n) is 1.53. The van der Waals surface area contributed by atoms with Gasteiger partial charge in [-0.3, -0.25) is 4.79 Å². The smallest absolute Gasteiger partial charge is 0.312 e. The van der Waals surface area contributed by atoms with Gasteiger partial charge in [0.2, 0.25) is 0 Å². The molecule has 1 aromatic carbocycles. The van der Waals surface area contributed by atoms with E-state index in [4.69, 9.17) is 28.0 Å². The molecule has 1 aromatic rings. The Bertz CT molecular complexity index is 675. The van der Waals surface area contributed by atoms with E-state index in [1.165, 1.54) is 36.4 Å². The summed E-state index contributed by atoms with van der Waals surface area (Å²) in [5.74, 6) is -0.828. The second-order valence-electron chi connectivity index (χ2n) is 4.04. The molecule has 2 rings (SSSR count). The minimum Gasteiger partial charge on any atom is -0.312 e. The first-order chi connectivity index (χ1) is 9.47. The summed E-state index contributed by atoms with van der Waals surface area (Å²) in [6, 6.07) is 4.43. The lowest BCUT2D eigenvalue weighted by atomic mass is 10.1. The lowest BCUT2D eigenvalue weighted by Crippen LogP contribution is -2.08. The van der Waals surface area contributed by atoms with Gasteiger partial charge in [0.25, 0.3) is 0 Å². The van der Waals surface area contributed by atoms with Crippen LogP contribution in [0.25, 0.3) is 0 Å². The molecule has 0 saturated heterocycles. The van der Waals surface area contributed by atoms with Crippen LogP contribution in [0.4, 0.5) is 0 Å². The summed E-state index contributed by atoms with van der Waals surface area (Å²) in [5.41, 5.74) is 1.19. The Morgan fingerprint density at radius 3 is 2.65 bits per heavy atom. The number of hydrogen-bond donors (Lipinski definition) is 0. The van der Waals surface area contributed by atoms with Crippen LogP contribution in [0.1, 0.15) is 17.3 Å². The number of hydrogen-bond acceptors (Lipinski definition) is 4. The monoisotopic (exact) mass is 309 g/mol. The molecule has 0 fully saturated rings. The number of oxime groups is 1. The van der Waals surface area contributed by atoms with E-state index >= 15 is 0 Å². The number of nitrogens with zero attached hydrogens (tertiary/aromatic N) is 1. The highest BCUT2D eigenvalue weighted by atomic mass is 35.5. The number of allylic oxidation sites excluding steroid dienone is 4. The van der Waals surface area contributed by atoms with Crippen LogP contribution in [0, 0.1) is 0 Å². The third-order valence-electron chi connectivity index (χ3n) is 2.55. The molecule has 0 heterocycles. The number of ketones is 1. The van der Waals surface area contributed by atoms with Gasteiger partial charge < -0.3 is 4.84 Å². The normalized spacial score (nSPS) is 16.2. The summed E-state index contributed by atoms with van der Waals surface area (Å²) in [6.07, 6.45) is 4.23.